The van der Waals surface area contributed by atoms with Gasteiger partial charge in [-0.25, -0.2) is 9.67 Å². The van der Waals surface area contributed by atoms with Crippen molar-refractivity contribution in [2.24, 2.45) is 0 Å². The molecule has 2 aromatic heterocycles. The SMILES string of the molecule is CCOc1cc(C)nc(N2CCN(C(=O)c3cnn(-c4ccccc4)c3)CC2)n1. The highest BCUT2D eigenvalue weighted by Gasteiger charge is 2.25. The van der Waals surface area contributed by atoms with Gasteiger partial charge in [-0.2, -0.15) is 10.1 Å². The Bertz CT molecular complexity index is 980. The van der Waals surface area contributed by atoms with Gasteiger partial charge in [0, 0.05) is 44.1 Å². The van der Waals surface area contributed by atoms with Crippen molar-refractivity contribution in [3.63, 3.8) is 0 Å². The smallest absolute Gasteiger partial charge is 0.257 e. The highest BCUT2D eigenvalue weighted by atomic mass is 16.5. The van der Waals surface area contributed by atoms with Crippen molar-refractivity contribution in [3.8, 4) is 11.6 Å². The van der Waals surface area contributed by atoms with E-state index in [1.807, 2.05) is 55.1 Å². The maximum absolute atomic E-state index is 12.9. The number of ether oxygens (including phenoxy) is 1. The summed E-state index contributed by atoms with van der Waals surface area (Å²) in [6.07, 6.45) is 3.40. The molecule has 1 saturated heterocycles. The molecule has 0 N–H and O–H groups in total. The lowest BCUT2D eigenvalue weighted by molar-refractivity contribution is 0.0746. The van der Waals surface area contributed by atoms with Gasteiger partial charge in [0.25, 0.3) is 5.91 Å². The number of hydrogen-bond acceptors (Lipinski definition) is 6. The predicted octanol–water partition coefficient (Wildman–Crippen LogP) is 2.33. The van der Waals surface area contributed by atoms with Crippen LogP contribution in [-0.4, -0.2) is 63.3 Å². The Kier molecular flexibility index (Phi) is 5.41. The van der Waals surface area contributed by atoms with Crippen LogP contribution in [0.2, 0.25) is 0 Å². The first kappa shape index (κ1) is 18.9. The van der Waals surface area contributed by atoms with E-state index in [2.05, 4.69) is 20.0 Å². The molecule has 0 spiro atoms. The summed E-state index contributed by atoms with van der Waals surface area (Å²) in [5.74, 6) is 1.23. The largest absolute Gasteiger partial charge is 0.478 e. The van der Waals surface area contributed by atoms with Crippen LogP contribution < -0.4 is 9.64 Å². The summed E-state index contributed by atoms with van der Waals surface area (Å²) in [6.45, 7) is 6.99. The van der Waals surface area contributed by atoms with E-state index in [0.717, 1.165) is 11.4 Å². The third-order valence-electron chi connectivity index (χ3n) is 4.81. The van der Waals surface area contributed by atoms with Gasteiger partial charge in [0.15, 0.2) is 0 Å². The molecular formula is C21H24N6O2. The van der Waals surface area contributed by atoms with E-state index in [9.17, 15) is 4.79 Å². The highest BCUT2D eigenvalue weighted by Crippen LogP contribution is 2.18. The van der Waals surface area contributed by atoms with Crippen molar-refractivity contribution in [1.29, 1.82) is 0 Å². The lowest BCUT2D eigenvalue weighted by Gasteiger charge is -2.34. The molecule has 150 valence electrons. The highest BCUT2D eigenvalue weighted by molar-refractivity contribution is 5.94. The second-order valence-corrected chi connectivity index (χ2v) is 6.87. The molecule has 1 fully saturated rings. The summed E-state index contributed by atoms with van der Waals surface area (Å²) in [7, 11) is 0. The number of amides is 1. The zero-order valence-corrected chi connectivity index (χ0v) is 16.7. The van der Waals surface area contributed by atoms with Crippen LogP contribution in [-0.2, 0) is 0 Å². The monoisotopic (exact) mass is 392 g/mol. The topological polar surface area (TPSA) is 76.4 Å². The number of carbonyl (C=O) groups excluding carboxylic acids is 1. The molecule has 1 amide bonds. The second kappa shape index (κ2) is 8.30. The van der Waals surface area contributed by atoms with Crippen LogP contribution in [0, 0.1) is 6.92 Å². The Hall–Kier alpha value is -3.42. The van der Waals surface area contributed by atoms with E-state index < -0.39 is 0 Å². The van der Waals surface area contributed by atoms with Crippen LogP contribution >= 0.6 is 0 Å². The van der Waals surface area contributed by atoms with Crippen molar-refractivity contribution in [1.82, 2.24) is 24.6 Å². The van der Waals surface area contributed by atoms with Gasteiger partial charge in [0.1, 0.15) is 0 Å². The molecule has 4 rings (SSSR count). The van der Waals surface area contributed by atoms with Crippen molar-refractivity contribution in [2.45, 2.75) is 13.8 Å². The third-order valence-corrected chi connectivity index (χ3v) is 4.81. The maximum Gasteiger partial charge on any atom is 0.257 e. The average Bonchev–Trinajstić information content (AvgIpc) is 3.24. The zero-order valence-electron chi connectivity index (χ0n) is 16.7. The van der Waals surface area contributed by atoms with Gasteiger partial charge in [-0.05, 0) is 26.0 Å². The van der Waals surface area contributed by atoms with Gasteiger partial charge in [0.2, 0.25) is 11.8 Å². The van der Waals surface area contributed by atoms with Crippen LogP contribution in [0.15, 0.2) is 48.8 Å². The average molecular weight is 392 g/mol. The van der Waals surface area contributed by atoms with Gasteiger partial charge < -0.3 is 14.5 Å². The van der Waals surface area contributed by atoms with Crippen molar-refractivity contribution in [3.05, 3.63) is 60.0 Å². The second-order valence-electron chi connectivity index (χ2n) is 6.87. The van der Waals surface area contributed by atoms with Gasteiger partial charge in [-0.3, -0.25) is 4.79 Å². The maximum atomic E-state index is 12.9. The molecule has 8 heteroatoms. The fourth-order valence-corrected chi connectivity index (χ4v) is 3.34. The van der Waals surface area contributed by atoms with Crippen molar-refractivity contribution >= 4 is 11.9 Å². The summed E-state index contributed by atoms with van der Waals surface area (Å²) in [5.41, 5.74) is 2.39. The van der Waals surface area contributed by atoms with Crippen LogP contribution in [0.3, 0.4) is 0 Å². The number of benzene rings is 1. The molecule has 0 bridgehead atoms. The van der Waals surface area contributed by atoms with E-state index in [0.29, 0.717) is 50.2 Å². The molecule has 0 atom stereocenters. The molecule has 0 unspecified atom stereocenters. The summed E-state index contributed by atoms with van der Waals surface area (Å²) in [4.78, 5) is 25.8. The number of aromatic nitrogens is 4. The molecule has 1 aromatic carbocycles. The Balaban J connectivity index is 1.41. The molecule has 8 nitrogen and oxygen atoms in total. The molecule has 3 heterocycles. The van der Waals surface area contributed by atoms with Crippen LogP contribution in [0.4, 0.5) is 5.95 Å². The lowest BCUT2D eigenvalue weighted by Crippen LogP contribution is -2.49. The summed E-state index contributed by atoms with van der Waals surface area (Å²) >= 11 is 0. The standard InChI is InChI=1S/C21H24N6O2/c1-3-29-19-13-16(2)23-21(24-19)26-11-9-25(10-12-26)20(28)17-14-22-27(15-17)18-7-5-4-6-8-18/h4-8,13-15H,3,9-12H2,1-2H3. The van der Waals surface area contributed by atoms with Gasteiger partial charge in [-0.1, -0.05) is 18.2 Å². The van der Waals surface area contributed by atoms with Gasteiger partial charge >= 0.3 is 0 Å². The fourth-order valence-electron chi connectivity index (χ4n) is 3.34. The van der Waals surface area contributed by atoms with Crippen molar-refractivity contribution < 1.29 is 9.53 Å². The quantitative estimate of drug-likeness (QED) is 0.663. The van der Waals surface area contributed by atoms with Crippen LogP contribution in [0.1, 0.15) is 23.0 Å². The molecular weight excluding hydrogens is 368 g/mol. The molecule has 1 aliphatic rings. The van der Waals surface area contributed by atoms with Crippen molar-refractivity contribution in [2.75, 3.05) is 37.7 Å². The molecule has 29 heavy (non-hydrogen) atoms. The Morgan fingerprint density at radius 3 is 2.59 bits per heavy atom. The number of nitrogens with zero attached hydrogens (tertiary/aromatic N) is 6. The van der Waals surface area contributed by atoms with E-state index in [-0.39, 0.29) is 5.91 Å². The van der Waals surface area contributed by atoms with E-state index in [1.54, 1.807) is 17.1 Å². The first-order chi connectivity index (χ1) is 14.1. The fraction of sp³-hybridized carbons (Fsp3) is 0.333. The summed E-state index contributed by atoms with van der Waals surface area (Å²) in [5, 5.41) is 4.33. The molecule has 0 radical (unpaired) electrons. The van der Waals surface area contributed by atoms with Gasteiger partial charge in [0.05, 0.1) is 24.1 Å². The minimum atomic E-state index is -0.00741. The number of para-hydroxylation sites is 1. The van der Waals surface area contributed by atoms with Crippen LogP contribution in [0.5, 0.6) is 5.88 Å². The number of rotatable bonds is 5. The first-order valence-corrected chi connectivity index (χ1v) is 9.77. The molecule has 1 aliphatic heterocycles. The van der Waals surface area contributed by atoms with E-state index in [4.69, 9.17) is 4.74 Å². The van der Waals surface area contributed by atoms with E-state index in [1.165, 1.54) is 0 Å². The molecule has 0 saturated carbocycles. The number of aryl methyl sites for hydroxylation is 1. The summed E-state index contributed by atoms with van der Waals surface area (Å²) < 4.78 is 7.24. The summed E-state index contributed by atoms with van der Waals surface area (Å²) in [6, 6.07) is 11.6. The lowest BCUT2D eigenvalue weighted by atomic mass is 10.2. The Morgan fingerprint density at radius 2 is 1.86 bits per heavy atom. The normalized spacial score (nSPS) is 14.1. The number of hydrogen-bond donors (Lipinski definition) is 0. The predicted molar refractivity (Wildman–Crippen MR) is 110 cm³/mol. The first-order valence-electron chi connectivity index (χ1n) is 9.77. The van der Waals surface area contributed by atoms with E-state index >= 15 is 0 Å². The Morgan fingerprint density at radius 1 is 1.10 bits per heavy atom. The number of piperazine rings is 1. The van der Waals surface area contributed by atoms with Gasteiger partial charge in [-0.15, -0.1) is 0 Å². The number of anilines is 1. The number of carbonyl (C=O) groups is 1. The molecule has 3 aromatic rings. The minimum absolute atomic E-state index is 0.00741. The Labute approximate surface area is 169 Å². The minimum Gasteiger partial charge on any atom is -0.478 e. The zero-order chi connectivity index (χ0) is 20.2. The third kappa shape index (κ3) is 4.21. The molecule has 0 aliphatic carbocycles. The van der Waals surface area contributed by atoms with Crippen LogP contribution in [0.25, 0.3) is 5.69 Å².